The molecule has 0 spiro atoms. The highest BCUT2D eigenvalue weighted by Gasteiger charge is 2.26. The summed E-state index contributed by atoms with van der Waals surface area (Å²) in [6.45, 7) is 1.64. The predicted molar refractivity (Wildman–Crippen MR) is 53.5 cm³/mol. The van der Waals surface area contributed by atoms with Gasteiger partial charge in [-0.1, -0.05) is 4.49 Å². The molecule has 1 aliphatic heterocycles. The zero-order chi connectivity index (χ0) is 9.80. The molecule has 1 aliphatic rings. The van der Waals surface area contributed by atoms with Crippen LogP contribution in [0.5, 0.6) is 0 Å². The summed E-state index contributed by atoms with van der Waals surface area (Å²) in [4.78, 5) is 0. The topological polar surface area (TPSA) is 73.1 Å². The maximum Gasteiger partial charge on any atom is 0.0941 e. The number of aromatic nitrogens is 2. The molecule has 1 aromatic heterocycles. The summed E-state index contributed by atoms with van der Waals surface area (Å²) < 4.78 is 9.16. The molecule has 1 aromatic rings. The van der Waals surface area contributed by atoms with Crippen LogP contribution in [0.2, 0.25) is 0 Å². The van der Waals surface area contributed by atoms with Gasteiger partial charge < -0.3 is 4.74 Å². The minimum absolute atomic E-state index is 0.123. The summed E-state index contributed by atoms with van der Waals surface area (Å²) in [6, 6.07) is 0.123. The summed E-state index contributed by atoms with van der Waals surface area (Å²) in [5.41, 5.74) is 3.77. The molecule has 1 fully saturated rings. The molecule has 78 valence electrons. The average Bonchev–Trinajstić information content (AvgIpc) is 2.74. The first kappa shape index (κ1) is 9.97. The van der Waals surface area contributed by atoms with Gasteiger partial charge in [0.2, 0.25) is 0 Å². The van der Waals surface area contributed by atoms with E-state index in [1.807, 2.05) is 5.38 Å². The molecule has 1 atom stereocenters. The van der Waals surface area contributed by atoms with Crippen LogP contribution in [0.25, 0.3) is 0 Å². The standard InChI is InChI=1S/C8H14N4OS/c9-10-8(7-5-14-12-11-7)6-1-3-13-4-2-6/h5-6,8,10H,1-4,9H2. The van der Waals surface area contributed by atoms with E-state index in [1.54, 1.807) is 0 Å². The third-order valence-corrected chi connectivity index (χ3v) is 3.14. The van der Waals surface area contributed by atoms with E-state index in [9.17, 15) is 0 Å². The molecule has 0 amide bonds. The van der Waals surface area contributed by atoms with Crippen molar-refractivity contribution in [3.05, 3.63) is 11.1 Å². The smallest absolute Gasteiger partial charge is 0.0941 e. The maximum absolute atomic E-state index is 5.54. The lowest BCUT2D eigenvalue weighted by atomic mass is 9.90. The van der Waals surface area contributed by atoms with Gasteiger partial charge in [-0.15, -0.1) is 5.10 Å². The summed E-state index contributed by atoms with van der Waals surface area (Å²) in [5, 5.41) is 5.99. The van der Waals surface area contributed by atoms with Gasteiger partial charge in [-0.2, -0.15) is 0 Å². The molecule has 0 saturated carbocycles. The van der Waals surface area contributed by atoms with Crippen LogP contribution in [-0.2, 0) is 4.74 Å². The van der Waals surface area contributed by atoms with Crippen molar-refractivity contribution in [1.82, 2.24) is 15.0 Å². The van der Waals surface area contributed by atoms with Crippen LogP contribution in [0.1, 0.15) is 24.6 Å². The Morgan fingerprint density at radius 2 is 2.36 bits per heavy atom. The van der Waals surface area contributed by atoms with Gasteiger partial charge in [0.25, 0.3) is 0 Å². The van der Waals surface area contributed by atoms with Crippen LogP contribution in [0.3, 0.4) is 0 Å². The lowest BCUT2D eigenvalue weighted by Crippen LogP contribution is -2.36. The van der Waals surface area contributed by atoms with Gasteiger partial charge in [0, 0.05) is 18.6 Å². The van der Waals surface area contributed by atoms with Gasteiger partial charge in [-0.25, -0.2) is 0 Å². The molecule has 2 heterocycles. The molecule has 3 N–H and O–H groups in total. The Morgan fingerprint density at radius 3 is 2.93 bits per heavy atom. The SMILES string of the molecule is NNC(c1csnn1)C1CCOCC1. The molecule has 1 saturated heterocycles. The summed E-state index contributed by atoms with van der Waals surface area (Å²) >= 11 is 1.36. The van der Waals surface area contributed by atoms with Crippen LogP contribution in [0.15, 0.2) is 5.38 Å². The second kappa shape index (κ2) is 4.79. The maximum atomic E-state index is 5.54. The number of nitrogens with one attached hydrogen (secondary N) is 1. The van der Waals surface area contributed by atoms with Crippen LogP contribution in [0, 0.1) is 5.92 Å². The molecule has 0 aromatic carbocycles. The van der Waals surface area contributed by atoms with Gasteiger partial charge in [-0.05, 0) is 30.3 Å². The lowest BCUT2D eigenvalue weighted by molar-refractivity contribution is 0.0531. The van der Waals surface area contributed by atoms with Crippen molar-refractivity contribution in [1.29, 1.82) is 0 Å². The van der Waals surface area contributed by atoms with E-state index in [-0.39, 0.29) is 6.04 Å². The number of hydrogen-bond donors (Lipinski definition) is 2. The molecule has 2 rings (SSSR count). The second-order valence-corrected chi connectivity index (χ2v) is 4.03. The quantitative estimate of drug-likeness (QED) is 0.565. The first-order chi connectivity index (χ1) is 6.92. The van der Waals surface area contributed by atoms with Crippen molar-refractivity contribution in [3.8, 4) is 0 Å². The highest BCUT2D eigenvalue weighted by atomic mass is 32.1. The largest absolute Gasteiger partial charge is 0.381 e. The van der Waals surface area contributed by atoms with Gasteiger partial charge >= 0.3 is 0 Å². The molecule has 6 heteroatoms. The normalized spacial score (nSPS) is 20.9. The van der Waals surface area contributed by atoms with Gasteiger partial charge in [0.1, 0.15) is 0 Å². The summed E-state index contributed by atoms with van der Waals surface area (Å²) in [6.07, 6.45) is 2.07. The molecule has 0 aliphatic carbocycles. The number of rotatable bonds is 3. The minimum Gasteiger partial charge on any atom is -0.381 e. The Hall–Kier alpha value is -0.560. The zero-order valence-electron chi connectivity index (χ0n) is 7.85. The van der Waals surface area contributed by atoms with Crippen molar-refractivity contribution in [2.45, 2.75) is 18.9 Å². The average molecular weight is 214 g/mol. The van der Waals surface area contributed by atoms with Crippen molar-refractivity contribution in [2.24, 2.45) is 11.8 Å². The Kier molecular flexibility index (Phi) is 3.41. The predicted octanol–water partition coefficient (Wildman–Crippen LogP) is 0.469. The van der Waals surface area contributed by atoms with Crippen molar-refractivity contribution < 1.29 is 4.74 Å². The molecular formula is C8H14N4OS. The van der Waals surface area contributed by atoms with E-state index >= 15 is 0 Å². The molecule has 0 radical (unpaired) electrons. The Balaban J connectivity index is 2.04. The van der Waals surface area contributed by atoms with E-state index in [0.29, 0.717) is 5.92 Å². The van der Waals surface area contributed by atoms with E-state index in [4.69, 9.17) is 10.6 Å². The van der Waals surface area contributed by atoms with Crippen molar-refractivity contribution in [3.63, 3.8) is 0 Å². The zero-order valence-corrected chi connectivity index (χ0v) is 8.67. The third kappa shape index (κ3) is 2.09. The Morgan fingerprint density at radius 1 is 1.57 bits per heavy atom. The molecule has 0 bridgehead atoms. The highest BCUT2D eigenvalue weighted by molar-refractivity contribution is 7.03. The van der Waals surface area contributed by atoms with Crippen molar-refractivity contribution in [2.75, 3.05) is 13.2 Å². The first-order valence-electron chi connectivity index (χ1n) is 4.72. The van der Waals surface area contributed by atoms with Gasteiger partial charge in [-0.3, -0.25) is 11.3 Å². The van der Waals surface area contributed by atoms with Crippen LogP contribution >= 0.6 is 11.5 Å². The van der Waals surface area contributed by atoms with Gasteiger partial charge in [0.15, 0.2) is 0 Å². The Bertz CT molecular complexity index is 260. The van der Waals surface area contributed by atoms with Crippen LogP contribution in [0.4, 0.5) is 0 Å². The minimum atomic E-state index is 0.123. The third-order valence-electron chi connectivity index (χ3n) is 2.61. The van der Waals surface area contributed by atoms with E-state index < -0.39 is 0 Å². The molecule has 14 heavy (non-hydrogen) atoms. The van der Waals surface area contributed by atoms with Crippen LogP contribution in [-0.4, -0.2) is 22.8 Å². The fraction of sp³-hybridized carbons (Fsp3) is 0.750. The number of ether oxygens (including phenoxy) is 1. The first-order valence-corrected chi connectivity index (χ1v) is 5.56. The fourth-order valence-electron chi connectivity index (χ4n) is 1.82. The number of hydrogen-bond acceptors (Lipinski definition) is 6. The number of hydrazine groups is 1. The molecular weight excluding hydrogens is 200 g/mol. The second-order valence-electron chi connectivity index (χ2n) is 3.42. The van der Waals surface area contributed by atoms with Crippen molar-refractivity contribution >= 4 is 11.5 Å². The monoisotopic (exact) mass is 214 g/mol. The Labute approximate surface area is 86.8 Å². The highest BCUT2D eigenvalue weighted by Crippen LogP contribution is 2.28. The lowest BCUT2D eigenvalue weighted by Gasteiger charge is -2.28. The van der Waals surface area contributed by atoms with E-state index in [1.165, 1.54) is 11.5 Å². The van der Waals surface area contributed by atoms with Crippen LogP contribution < -0.4 is 11.3 Å². The van der Waals surface area contributed by atoms with E-state index in [2.05, 4.69) is 15.0 Å². The molecule has 1 unspecified atom stereocenters. The van der Waals surface area contributed by atoms with Gasteiger partial charge in [0.05, 0.1) is 11.7 Å². The number of nitrogens with two attached hydrogens (primary N) is 1. The molecule has 5 nitrogen and oxygen atoms in total. The van der Waals surface area contributed by atoms with E-state index in [0.717, 1.165) is 31.7 Å². The fourth-order valence-corrected chi connectivity index (χ4v) is 2.31. The summed E-state index contributed by atoms with van der Waals surface area (Å²) in [5.74, 6) is 6.05. The number of nitrogens with zero attached hydrogens (tertiary/aromatic N) is 2. The summed E-state index contributed by atoms with van der Waals surface area (Å²) in [7, 11) is 0.